The molecule has 0 aliphatic heterocycles. The molecule has 2 aromatic rings. The number of hydrogen-bond acceptors (Lipinski definition) is 4. The van der Waals surface area contributed by atoms with E-state index in [2.05, 4.69) is 4.98 Å². The van der Waals surface area contributed by atoms with E-state index < -0.39 is 5.82 Å². The number of hydrogen-bond donors (Lipinski definition) is 2. The molecule has 0 unspecified atom stereocenters. The maximum Gasteiger partial charge on any atom is 0.260 e. The van der Waals surface area contributed by atoms with Crippen molar-refractivity contribution in [2.45, 2.75) is 17.0 Å². The molecule has 1 heterocycles. The topological polar surface area (TPSA) is 75.9 Å². The molecule has 0 radical (unpaired) electrons. The van der Waals surface area contributed by atoms with Crippen molar-refractivity contribution in [1.29, 1.82) is 5.41 Å². The molecule has 4 nitrogen and oxygen atoms in total. The number of nitrogens with two attached hydrogens (primary N) is 1. The van der Waals surface area contributed by atoms with Crippen LogP contribution in [0.25, 0.3) is 0 Å². The van der Waals surface area contributed by atoms with E-state index in [9.17, 15) is 4.39 Å². The normalized spacial score (nSPS) is 10.5. The molecule has 0 fully saturated rings. The van der Waals surface area contributed by atoms with Crippen LogP contribution in [0.2, 0.25) is 0 Å². The number of aromatic nitrogens is 1. The number of aryl methyl sites for hydroxylation is 1. The standard InChI is InChI=1S/C11H10FN3OS/c1-6-5-16-11(15-6)17-9-3-2-7(10(13)14)4-8(9)12/h2-5H,1H3,(H3,13,14). The van der Waals surface area contributed by atoms with Gasteiger partial charge in [0, 0.05) is 5.56 Å². The lowest BCUT2D eigenvalue weighted by Crippen LogP contribution is -2.11. The van der Waals surface area contributed by atoms with Gasteiger partial charge in [0.15, 0.2) is 0 Å². The van der Waals surface area contributed by atoms with Crippen molar-refractivity contribution < 1.29 is 8.81 Å². The molecule has 0 saturated heterocycles. The van der Waals surface area contributed by atoms with E-state index in [1.807, 2.05) is 0 Å². The van der Waals surface area contributed by atoms with Crippen molar-refractivity contribution >= 4 is 17.6 Å². The van der Waals surface area contributed by atoms with Crippen LogP contribution in [0.3, 0.4) is 0 Å². The number of oxazole rings is 1. The van der Waals surface area contributed by atoms with Gasteiger partial charge in [-0.2, -0.15) is 0 Å². The van der Waals surface area contributed by atoms with Crippen LogP contribution in [0.4, 0.5) is 4.39 Å². The van der Waals surface area contributed by atoms with Crippen LogP contribution in [0.1, 0.15) is 11.3 Å². The largest absolute Gasteiger partial charge is 0.439 e. The highest BCUT2D eigenvalue weighted by Crippen LogP contribution is 2.29. The zero-order chi connectivity index (χ0) is 12.4. The molecule has 0 aliphatic rings. The zero-order valence-corrected chi connectivity index (χ0v) is 9.84. The average molecular weight is 251 g/mol. The van der Waals surface area contributed by atoms with E-state index >= 15 is 0 Å². The summed E-state index contributed by atoms with van der Waals surface area (Å²) in [7, 11) is 0. The smallest absolute Gasteiger partial charge is 0.260 e. The molecule has 0 aliphatic carbocycles. The Labute approximate surface area is 102 Å². The van der Waals surface area contributed by atoms with Crippen molar-refractivity contribution in [3.8, 4) is 0 Å². The van der Waals surface area contributed by atoms with Gasteiger partial charge in [-0.1, -0.05) is 0 Å². The van der Waals surface area contributed by atoms with Gasteiger partial charge in [-0.3, -0.25) is 5.41 Å². The molecule has 0 spiro atoms. The molecule has 6 heteroatoms. The Balaban J connectivity index is 2.25. The fourth-order valence-electron chi connectivity index (χ4n) is 1.22. The third-order valence-corrected chi connectivity index (χ3v) is 2.95. The van der Waals surface area contributed by atoms with Crippen LogP contribution in [-0.4, -0.2) is 10.8 Å². The predicted molar refractivity (Wildman–Crippen MR) is 62.8 cm³/mol. The Morgan fingerprint density at radius 1 is 1.53 bits per heavy atom. The molecular weight excluding hydrogens is 241 g/mol. The second kappa shape index (κ2) is 4.58. The fourth-order valence-corrected chi connectivity index (χ4v) is 1.99. The van der Waals surface area contributed by atoms with Crippen molar-refractivity contribution in [3.63, 3.8) is 0 Å². The molecule has 88 valence electrons. The molecule has 0 amide bonds. The third kappa shape index (κ3) is 2.65. The van der Waals surface area contributed by atoms with E-state index in [-0.39, 0.29) is 5.84 Å². The molecule has 1 aromatic carbocycles. The van der Waals surface area contributed by atoms with Crippen LogP contribution in [0.5, 0.6) is 0 Å². The van der Waals surface area contributed by atoms with E-state index in [1.54, 1.807) is 19.1 Å². The second-order valence-corrected chi connectivity index (χ2v) is 4.41. The van der Waals surface area contributed by atoms with Crippen molar-refractivity contribution in [3.05, 3.63) is 41.5 Å². The van der Waals surface area contributed by atoms with Gasteiger partial charge in [0.1, 0.15) is 17.9 Å². The highest BCUT2D eigenvalue weighted by atomic mass is 32.2. The second-order valence-electron chi connectivity index (χ2n) is 3.42. The van der Waals surface area contributed by atoms with E-state index in [4.69, 9.17) is 15.6 Å². The van der Waals surface area contributed by atoms with Gasteiger partial charge in [-0.05, 0) is 36.9 Å². The van der Waals surface area contributed by atoms with Crippen LogP contribution in [0, 0.1) is 18.2 Å². The number of benzene rings is 1. The van der Waals surface area contributed by atoms with Gasteiger partial charge < -0.3 is 10.2 Å². The van der Waals surface area contributed by atoms with Crippen LogP contribution < -0.4 is 5.73 Å². The van der Waals surface area contributed by atoms with Crippen molar-refractivity contribution in [1.82, 2.24) is 4.98 Å². The number of halogens is 1. The molecule has 1 aromatic heterocycles. The highest BCUT2D eigenvalue weighted by Gasteiger charge is 2.10. The lowest BCUT2D eigenvalue weighted by molar-refractivity contribution is 0.453. The summed E-state index contributed by atoms with van der Waals surface area (Å²) in [6.07, 6.45) is 1.50. The Kier molecular flexibility index (Phi) is 3.14. The SMILES string of the molecule is Cc1coc(Sc2ccc(C(=N)N)cc2F)n1. The van der Waals surface area contributed by atoms with Crippen molar-refractivity contribution in [2.75, 3.05) is 0 Å². The first kappa shape index (κ1) is 11.7. The summed E-state index contributed by atoms with van der Waals surface area (Å²) in [5, 5.41) is 7.59. The summed E-state index contributed by atoms with van der Waals surface area (Å²) in [6, 6.07) is 4.36. The molecule has 0 atom stereocenters. The molecule has 17 heavy (non-hydrogen) atoms. The van der Waals surface area contributed by atoms with Gasteiger partial charge in [0.2, 0.25) is 0 Å². The van der Waals surface area contributed by atoms with E-state index in [1.165, 1.54) is 12.3 Å². The van der Waals surface area contributed by atoms with Gasteiger partial charge in [0.05, 0.1) is 10.6 Å². The summed E-state index contributed by atoms with van der Waals surface area (Å²) < 4.78 is 18.8. The minimum absolute atomic E-state index is 0.160. The van der Waals surface area contributed by atoms with Crippen LogP contribution >= 0.6 is 11.8 Å². The molecular formula is C11H10FN3OS. The number of rotatable bonds is 3. The summed E-state index contributed by atoms with van der Waals surface area (Å²) in [5.74, 6) is -0.606. The molecule has 0 saturated carbocycles. The summed E-state index contributed by atoms with van der Waals surface area (Å²) >= 11 is 1.09. The number of nitrogens with zero attached hydrogens (tertiary/aromatic N) is 1. The maximum atomic E-state index is 13.7. The highest BCUT2D eigenvalue weighted by molar-refractivity contribution is 7.99. The monoisotopic (exact) mass is 251 g/mol. The summed E-state index contributed by atoms with van der Waals surface area (Å²) in [4.78, 5) is 4.45. The Bertz CT molecular complexity index is 568. The van der Waals surface area contributed by atoms with Gasteiger partial charge in [-0.25, -0.2) is 9.37 Å². The minimum Gasteiger partial charge on any atom is -0.439 e. The summed E-state index contributed by atoms with van der Waals surface area (Å²) in [5.41, 5.74) is 6.37. The minimum atomic E-state index is -0.446. The molecule has 3 N–H and O–H groups in total. The Hall–Kier alpha value is -1.82. The molecule has 0 bridgehead atoms. The predicted octanol–water partition coefficient (Wildman–Crippen LogP) is 2.56. The summed E-state index contributed by atoms with van der Waals surface area (Å²) in [6.45, 7) is 1.79. The number of amidine groups is 1. The quantitative estimate of drug-likeness (QED) is 0.649. The van der Waals surface area contributed by atoms with Gasteiger partial charge in [0.25, 0.3) is 5.22 Å². The van der Waals surface area contributed by atoms with E-state index in [0.717, 1.165) is 17.5 Å². The maximum absolute atomic E-state index is 13.7. The van der Waals surface area contributed by atoms with Gasteiger partial charge >= 0.3 is 0 Å². The third-order valence-electron chi connectivity index (χ3n) is 2.04. The lowest BCUT2D eigenvalue weighted by atomic mass is 10.2. The van der Waals surface area contributed by atoms with Crippen molar-refractivity contribution in [2.24, 2.45) is 5.73 Å². The Morgan fingerprint density at radius 2 is 2.29 bits per heavy atom. The van der Waals surface area contributed by atoms with Gasteiger partial charge in [-0.15, -0.1) is 0 Å². The average Bonchev–Trinajstić information content (AvgIpc) is 2.67. The first-order valence-electron chi connectivity index (χ1n) is 4.80. The molecule has 2 rings (SSSR count). The Morgan fingerprint density at radius 3 is 2.82 bits per heavy atom. The lowest BCUT2D eigenvalue weighted by Gasteiger charge is -2.02. The number of nitrogen functional groups attached to an aromatic ring is 1. The zero-order valence-electron chi connectivity index (χ0n) is 9.03. The first-order chi connectivity index (χ1) is 8.06. The van der Waals surface area contributed by atoms with E-state index in [0.29, 0.717) is 15.7 Å². The fraction of sp³-hybridized carbons (Fsp3) is 0.0909. The number of nitrogens with one attached hydrogen (secondary N) is 1. The van der Waals surface area contributed by atoms with Crippen LogP contribution in [0.15, 0.2) is 39.0 Å². The first-order valence-corrected chi connectivity index (χ1v) is 5.62. The van der Waals surface area contributed by atoms with Crippen LogP contribution in [-0.2, 0) is 0 Å².